The van der Waals surface area contributed by atoms with Gasteiger partial charge in [-0.05, 0) is 12.1 Å². The molecule has 110 valence electrons. The zero-order valence-electron chi connectivity index (χ0n) is 10.5. The first-order chi connectivity index (χ1) is 9.26. The summed E-state index contributed by atoms with van der Waals surface area (Å²) in [5.74, 6) is -1.54. The zero-order chi connectivity index (χ0) is 15.5. The van der Waals surface area contributed by atoms with Crippen molar-refractivity contribution in [2.45, 2.75) is 5.66 Å². The van der Waals surface area contributed by atoms with Crippen molar-refractivity contribution in [2.24, 2.45) is 0 Å². The molecule has 0 fully saturated rings. The number of carboxylic acids is 1. The molecule has 0 aliphatic carbocycles. The molecule has 20 heavy (non-hydrogen) atoms. The standard InChI is InChI=1S/C10H11BrNO7P/c1-18-20(17,19-2)9(10(13)14)7-4-3-6(11)5-8(7)12(15)16/h3-5,9H,1-2H3,(H,13,14). The van der Waals surface area contributed by atoms with Crippen LogP contribution in [0.1, 0.15) is 11.2 Å². The molecule has 8 nitrogen and oxygen atoms in total. The summed E-state index contributed by atoms with van der Waals surface area (Å²) in [6.45, 7) is 0. The second-order valence-electron chi connectivity index (χ2n) is 3.61. The molecule has 0 bridgehead atoms. The fourth-order valence-corrected chi connectivity index (χ4v) is 3.38. The van der Waals surface area contributed by atoms with Gasteiger partial charge in [0.05, 0.1) is 10.5 Å². The van der Waals surface area contributed by atoms with Crippen LogP contribution in [0.5, 0.6) is 0 Å². The van der Waals surface area contributed by atoms with Crippen LogP contribution in [0.25, 0.3) is 0 Å². The van der Waals surface area contributed by atoms with Crippen molar-refractivity contribution < 1.29 is 28.4 Å². The number of halogens is 1. The van der Waals surface area contributed by atoms with Crippen molar-refractivity contribution in [2.75, 3.05) is 14.2 Å². The lowest BCUT2D eigenvalue weighted by Gasteiger charge is -2.21. The molecule has 0 saturated heterocycles. The van der Waals surface area contributed by atoms with Crippen molar-refractivity contribution in [3.63, 3.8) is 0 Å². The van der Waals surface area contributed by atoms with Gasteiger partial charge in [-0.15, -0.1) is 0 Å². The summed E-state index contributed by atoms with van der Waals surface area (Å²) in [7, 11) is -2.03. The van der Waals surface area contributed by atoms with Gasteiger partial charge >= 0.3 is 13.6 Å². The van der Waals surface area contributed by atoms with E-state index in [0.717, 1.165) is 20.3 Å². The average Bonchev–Trinajstić information content (AvgIpc) is 2.39. The molecule has 0 spiro atoms. The summed E-state index contributed by atoms with van der Waals surface area (Å²) < 4.78 is 22.0. The monoisotopic (exact) mass is 367 g/mol. The van der Waals surface area contributed by atoms with E-state index in [1.165, 1.54) is 12.1 Å². The molecular weight excluding hydrogens is 357 g/mol. The minimum absolute atomic E-state index is 0.252. The maximum absolute atomic E-state index is 12.3. The Labute approximate surface area is 122 Å². The summed E-state index contributed by atoms with van der Waals surface area (Å²) in [6.07, 6.45) is 0. The van der Waals surface area contributed by atoms with Gasteiger partial charge in [-0.2, -0.15) is 0 Å². The fourth-order valence-electron chi connectivity index (χ4n) is 1.63. The highest BCUT2D eigenvalue weighted by molar-refractivity contribution is 9.10. The van der Waals surface area contributed by atoms with E-state index in [2.05, 4.69) is 25.0 Å². The van der Waals surface area contributed by atoms with Crippen LogP contribution in [-0.2, 0) is 18.4 Å². The number of benzene rings is 1. The number of hydrogen-bond donors (Lipinski definition) is 1. The maximum atomic E-state index is 12.3. The minimum Gasteiger partial charge on any atom is -0.480 e. The summed E-state index contributed by atoms with van der Waals surface area (Å²) >= 11 is 3.05. The third-order valence-corrected chi connectivity index (χ3v) is 5.19. The van der Waals surface area contributed by atoms with Crippen LogP contribution in [0.4, 0.5) is 5.69 Å². The van der Waals surface area contributed by atoms with E-state index in [9.17, 15) is 24.6 Å². The van der Waals surface area contributed by atoms with E-state index in [0.29, 0.717) is 4.47 Å². The van der Waals surface area contributed by atoms with Crippen LogP contribution in [0, 0.1) is 10.1 Å². The van der Waals surface area contributed by atoms with Crippen molar-refractivity contribution in [3.05, 3.63) is 38.3 Å². The molecule has 0 aliphatic heterocycles. The predicted octanol–water partition coefficient (Wildman–Crippen LogP) is 2.97. The molecule has 0 radical (unpaired) electrons. The molecule has 0 amide bonds. The van der Waals surface area contributed by atoms with E-state index < -0.39 is 29.8 Å². The third-order valence-electron chi connectivity index (χ3n) is 2.54. The van der Waals surface area contributed by atoms with E-state index in [4.69, 9.17) is 0 Å². The van der Waals surface area contributed by atoms with Crippen molar-refractivity contribution >= 4 is 35.2 Å². The Morgan fingerprint density at radius 3 is 2.40 bits per heavy atom. The topological polar surface area (TPSA) is 116 Å². The molecule has 0 heterocycles. The number of nitro benzene ring substituents is 1. The largest absolute Gasteiger partial charge is 0.480 e. The van der Waals surface area contributed by atoms with Crippen LogP contribution in [0.3, 0.4) is 0 Å². The molecular formula is C10H11BrNO7P. The first kappa shape index (κ1) is 16.8. The van der Waals surface area contributed by atoms with Gasteiger partial charge in [0.15, 0.2) is 5.66 Å². The van der Waals surface area contributed by atoms with Crippen molar-refractivity contribution in [3.8, 4) is 0 Å². The second kappa shape index (κ2) is 6.45. The van der Waals surface area contributed by atoms with Crippen LogP contribution in [-0.4, -0.2) is 30.2 Å². The van der Waals surface area contributed by atoms with Crippen molar-refractivity contribution in [1.29, 1.82) is 0 Å². The Kier molecular flexibility index (Phi) is 5.41. The summed E-state index contributed by atoms with van der Waals surface area (Å²) in [6, 6.07) is 3.74. The lowest BCUT2D eigenvalue weighted by molar-refractivity contribution is -0.385. The molecule has 0 aliphatic rings. The van der Waals surface area contributed by atoms with Gasteiger partial charge in [-0.25, -0.2) is 0 Å². The minimum atomic E-state index is -4.07. The number of nitrogens with zero attached hydrogens (tertiary/aromatic N) is 1. The highest BCUT2D eigenvalue weighted by Crippen LogP contribution is 2.61. The van der Waals surface area contributed by atoms with Gasteiger partial charge in [0, 0.05) is 24.8 Å². The number of carbonyl (C=O) groups is 1. The summed E-state index contributed by atoms with van der Waals surface area (Å²) in [4.78, 5) is 21.6. The van der Waals surface area contributed by atoms with Gasteiger partial charge in [-0.1, -0.05) is 15.9 Å². The van der Waals surface area contributed by atoms with E-state index in [1.807, 2.05) is 0 Å². The van der Waals surface area contributed by atoms with Gasteiger partial charge < -0.3 is 14.2 Å². The Bertz CT molecular complexity index is 583. The van der Waals surface area contributed by atoms with E-state index in [1.54, 1.807) is 0 Å². The number of rotatable bonds is 6. The molecule has 1 unspecified atom stereocenters. The highest BCUT2D eigenvalue weighted by atomic mass is 79.9. The summed E-state index contributed by atoms with van der Waals surface area (Å²) in [5.41, 5.74) is -2.52. The quantitative estimate of drug-likeness (QED) is 0.466. The van der Waals surface area contributed by atoms with Crippen molar-refractivity contribution in [1.82, 2.24) is 0 Å². The Morgan fingerprint density at radius 2 is 2.00 bits per heavy atom. The molecule has 1 aromatic rings. The summed E-state index contributed by atoms with van der Waals surface area (Å²) in [5, 5.41) is 20.3. The zero-order valence-corrected chi connectivity index (χ0v) is 13.0. The van der Waals surface area contributed by atoms with Gasteiger partial charge in [0.2, 0.25) is 0 Å². The number of carboxylic acid groups (broad SMARTS) is 1. The second-order valence-corrected chi connectivity index (χ2v) is 6.85. The van der Waals surface area contributed by atoms with Crippen LogP contribution >= 0.6 is 23.5 Å². The van der Waals surface area contributed by atoms with Gasteiger partial charge in [0.25, 0.3) is 5.69 Å². The Balaban J connectivity index is 3.56. The maximum Gasteiger partial charge on any atom is 0.349 e. The van der Waals surface area contributed by atoms with Crippen LogP contribution in [0.2, 0.25) is 0 Å². The number of aliphatic carboxylic acids is 1. The number of nitro groups is 1. The van der Waals surface area contributed by atoms with E-state index in [-0.39, 0.29) is 5.56 Å². The Hall–Kier alpha value is -1.28. The SMILES string of the molecule is COP(=O)(OC)C(C(=O)O)c1ccc(Br)cc1[N+](=O)[O-]. The first-order valence-corrected chi connectivity index (χ1v) is 7.55. The smallest absolute Gasteiger partial charge is 0.349 e. The molecule has 10 heteroatoms. The number of hydrogen-bond acceptors (Lipinski definition) is 6. The predicted molar refractivity (Wildman–Crippen MR) is 72.8 cm³/mol. The molecule has 0 saturated carbocycles. The van der Waals surface area contributed by atoms with E-state index >= 15 is 0 Å². The van der Waals surface area contributed by atoms with Gasteiger partial charge in [-0.3, -0.25) is 19.5 Å². The molecule has 1 rings (SSSR count). The van der Waals surface area contributed by atoms with Gasteiger partial charge in [0.1, 0.15) is 0 Å². The molecule has 1 atom stereocenters. The van der Waals surface area contributed by atoms with Crippen LogP contribution in [0.15, 0.2) is 22.7 Å². The van der Waals surface area contributed by atoms with Crippen LogP contribution < -0.4 is 0 Å². The lowest BCUT2D eigenvalue weighted by Crippen LogP contribution is -2.15. The normalized spacial score (nSPS) is 12.9. The average molecular weight is 368 g/mol. The lowest BCUT2D eigenvalue weighted by atomic mass is 10.1. The Morgan fingerprint density at radius 1 is 1.45 bits per heavy atom. The fraction of sp³-hybridized carbons (Fsp3) is 0.300. The highest BCUT2D eigenvalue weighted by Gasteiger charge is 2.44. The molecule has 1 N–H and O–H groups in total. The molecule has 0 aromatic heterocycles. The third kappa shape index (κ3) is 3.24. The molecule has 1 aromatic carbocycles. The first-order valence-electron chi connectivity index (χ1n) is 5.14.